The lowest BCUT2D eigenvalue weighted by Gasteiger charge is -2.30. The van der Waals surface area contributed by atoms with Gasteiger partial charge in [-0.3, -0.25) is 4.79 Å². The monoisotopic (exact) mass is 765 g/mol. The molecule has 0 spiro atoms. The third kappa shape index (κ3) is 13.4. The van der Waals surface area contributed by atoms with Gasteiger partial charge >= 0.3 is 24.3 Å². The van der Waals surface area contributed by atoms with E-state index >= 15 is 0 Å². The minimum Gasteiger partial charge on any atom is -0.475 e. The predicted octanol–water partition coefficient (Wildman–Crippen LogP) is 5.97. The number of carboxylic acid groups (broad SMARTS) is 2. The molecule has 54 heavy (non-hydrogen) atoms. The summed E-state index contributed by atoms with van der Waals surface area (Å²) in [6.45, 7) is 2.42. The van der Waals surface area contributed by atoms with Crippen LogP contribution in [0.5, 0.6) is 11.5 Å². The van der Waals surface area contributed by atoms with Gasteiger partial charge in [0.15, 0.2) is 5.96 Å². The Morgan fingerprint density at radius 1 is 0.870 bits per heavy atom. The van der Waals surface area contributed by atoms with Gasteiger partial charge in [-0.25, -0.2) is 24.5 Å². The molecule has 1 amide bonds. The summed E-state index contributed by atoms with van der Waals surface area (Å²) < 4.78 is 69.5. The number of para-hydroxylation sites is 2. The first-order valence-electron chi connectivity index (χ1n) is 16.2. The molecule has 1 fully saturated rings. The zero-order chi connectivity index (χ0) is 40.1. The van der Waals surface area contributed by atoms with Crippen molar-refractivity contribution < 1.29 is 55.7 Å². The summed E-state index contributed by atoms with van der Waals surface area (Å²) in [4.78, 5) is 44.7. The number of nitrogens with two attached hydrogens (primary N) is 2. The number of amides is 1. The van der Waals surface area contributed by atoms with Crippen molar-refractivity contribution in [3.63, 3.8) is 0 Å². The molecule has 1 aliphatic rings. The summed E-state index contributed by atoms with van der Waals surface area (Å²) in [5.41, 5.74) is 14.2. The van der Waals surface area contributed by atoms with E-state index in [2.05, 4.69) is 25.6 Å². The molecule has 2 unspecified atom stereocenters. The fraction of sp³-hybridized carbons (Fsp3) is 0.314. The van der Waals surface area contributed by atoms with Gasteiger partial charge < -0.3 is 37.1 Å². The van der Waals surface area contributed by atoms with Crippen LogP contribution in [0.4, 0.5) is 32.2 Å². The Hall–Kier alpha value is -6.14. The minimum atomic E-state index is -5.08. The highest BCUT2D eigenvalue weighted by molar-refractivity contribution is 5.96. The van der Waals surface area contributed by atoms with Crippen LogP contribution in [0.3, 0.4) is 0 Å². The van der Waals surface area contributed by atoms with E-state index in [9.17, 15) is 31.1 Å². The van der Waals surface area contributed by atoms with Gasteiger partial charge in [-0.15, -0.1) is 0 Å². The number of aryl methyl sites for hydroxylation is 1. The molecule has 0 saturated heterocycles. The van der Waals surface area contributed by atoms with E-state index in [0.717, 1.165) is 53.7 Å². The van der Waals surface area contributed by atoms with Crippen LogP contribution in [0.15, 0.2) is 77.8 Å². The maximum absolute atomic E-state index is 13.2. The second-order valence-corrected chi connectivity index (χ2v) is 11.7. The lowest BCUT2D eigenvalue weighted by molar-refractivity contribution is -0.193. The zero-order valence-corrected chi connectivity index (χ0v) is 28.6. The third-order valence-corrected chi connectivity index (χ3v) is 7.53. The van der Waals surface area contributed by atoms with Gasteiger partial charge in [-0.05, 0) is 62.1 Å². The van der Waals surface area contributed by atoms with Crippen LogP contribution >= 0.6 is 0 Å². The first-order valence-corrected chi connectivity index (χ1v) is 16.2. The van der Waals surface area contributed by atoms with Gasteiger partial charge in [-0.2, -0.15) is 26.3 Å². The van der Waals surface area contributed by atoms with Gasteiger partial charge in [0.1, 0.15) is 17.3 Å². The minimum absolute atomic E-state index is 0.00601. The Morgan fingerprint density at radius 2 is 1.46 bits per heavy atom. The average Bonchev–Trinajstić information content (AvgIpc) is 3.10. The molecule has 5 rings (SSSR count). The van der Waals surface area contributed by atoms with Crippen LogP contribution in [0.1, 0.15) is 47.4 Å². The molecular formula is C35H37F6N7O6. The molecule has 1 aromatic heterocycles. The van der Waals surface area contributed by atoms with E-state index in [4.69, 9.17) is 36.0 Å². The first kappa shape index (κ1) is 42.3. The van der Waals surface area contributed by atoms with Crippen molar-refractivity contribution in [3.8, 4) is 11.5 Å². The molecule has 2 atom stereocenters. The SMILES string of the molecule is Cc1ccc2nc(C(=O)NCCc3ccccc3Oc3ccccc3)nc(NC3CCCCC3N=C(N)N)c2c1.O=C(O)C(F)(F)F.O=C(O)C(F)(F)F. The normalized spacial score (nSPS) is 15.3. The van der Waals surface area contributed by atoms with Crippen molar-refractivity contribution >= 4 is 40.5 Å². The number of anilines is 1. The lowest BCUT2D eigenvalue weighted by Crippen LogP contribution is -2.38. The molecule has 290 valence electrons. The Morgan fingerprint density at radius 3 is 2.07 bits per heavy atom. The van der Waals surface area contributed by atoms with E-state index in [-0.39, 0.29) is 29.8 Å². The highest BCUT2D eigenvalue weighted by Crippen LogP contribution is 2.29. The van der Waals surface area contributed by atoms with Gasteiger partial charge in [0.25, 0.3) is 5.91 Å². The Kier molecular flexibility index (Phi) is 14.9. The number of aliphatic imine (C=N–C) groups is 1. The summed E-state index contributed by atoms with van der Waals surface area (Å²) in [5.74, 6) is -3.52. The van der Waals surface area contributed by atoms with Gasteiger partial charge in [0.05, 0.1) is 17.6 Å². The van der Waals surface area contributed by atoms with Crippen LogP contribution in [0.25, 0.3) is 10.9 Å². The Labute approximate surface area is 304 Å². The second kappa shape index (κ2) is 19.1. The number of nitrogens with one attached hydrogen (secondary N) is 2. The van der Waals surface area contributed by atoms with Crippen molar-refractivity contribution in [3.05, 3.63) is 89.7 Å². The van der Waals surface area contributed by atoms with Crippen LogP contribution in [-0.2, 0) is 16.0 Å². The second-order valence-electron chi connectivity index (χ2n) is 11.7. The van der Waals surface area contributed by atoms with Crippen molar-refractivity contribution in [2.45, 2.75) is 63.5 Å². The number of rotatable bonds is 9. The van der Waals surface area contributed by atoms with Gasteiger partial charge in [-0.1, -0.05) is 60.9 Å². The largest absolute Gasteiger partial charge is 0.490 e. The van der Waals surface area contributed by atoms with E-state index in [1.807, 2.05) is 79.7 Å². The molecule has 0 aliphatic heterocycles. The van der Waals surface area contributed by atoms with Crippen molar-refractivity contribution in [2.75, 3.05) is 11.9 Å². The Bertz CT molecular complexity index is 1900. The summed E-state index contributed by atoms with van der Waals surface area (Å²) >= 11 is 0. The van der Waals surface area contributed by atoms with Crippen molar-refractivity contribution in [2.24, 2.45) is 16.5 Å². The number of carbonyl (C=O) groups is 3. The number of nitrogens with zero attached hydrogens (tertiary/aromatic N) is 3. The molecule has 1 saturated carbocycles. The highest BCUT2D eigenvalue weighted by atomic mass is 19.4. The Balaban J connectivity index is 0.000000476. The summed E-state index contributed by atoms with van der Waals surface area (Å²) in [6.07, 6.45) is -5.64. The number of ether oxygens (including phenoxy) is 1. The number of halogens is 6. The fourth-order valence-corrected chi connectivity index (χ4v) is 5.07. The van der Waals surface area contributed by atoms with Crippen LogP contribution in [-0.4, -0.2) is 75.0 Å². The molecule has 1 heterocycles. The maximum Gasteiger partial charge on any atom is 0.490 e. The molecule has 4 aromatic rings. The molecule has 0 radical (unpaired) electrons. The molecule has 0 bridgehead atoms. The standard InChI is InChI=1S/C31H35N7O2.2C2HF3O2/c1-20-15-16-24-23(19-20)28(36-25-12-6-7-13-26(25)37-31(32)33)38-29(35-24)30(39)34-18-17-21-9-5-8-14-27(21)40-22-10-3-2-4-11-22;2*3-2(4,5)1(6)7/h2-5,8-11,14-16,19,25-26H,6-7,12-13,17-18H2,1H3,(H,34,39)(H4,32,33,37)(H,35,36,38);2*(H,6,7). The summed E-state index contributed by atoms with van der Waals surface area (Å²) in [5, 5.41) is 21.6. The van der Waals surface area contributed by atoms with Gasteiger partial charge in [0, 0.05) is 11.9 Å². The molecule has 13 nitrogen and oxygen atoms in total. The molecule has 3 aromatic carbocycles. The number of hydrogen-bond donors (Lipinski definition) is 6. The highest BCUT2D eigenvalue weighted by Gasteiger charge is 2.39. The predicted molar refractivity (Wildman–Crippen MR) is 186 cm³/mol. The van der Waals surface area contributed by atoms with Crippen LogP contribution in [0.2, 0.25) is 0 Å². The number of carboxylic acids is 2. The smallest absolute Gasteiger partial charge is 0.475 e. The number of aromatic nitrogens is 2. The number of hydrogen-bond acceptors (Lipinski definition) is 8. The molecule has 8 N–H and O–H groups in total. The number of guanidine groups is 1. The van der Waals surface area contributed by atoms with Crippen LogP contribution < -0.4 is 26.8 Å². The number of carbonyl (C=O) groups excluding carboxylic acids is 1. The molecular weight excluding hydrogens is 728 g/mol. The fourth-order valence-electron chi connectivity index (χ4n) is 5.07. The maximum atomic E-state index is 13.2. The number of aliphatic carboxylic acids is 2. The van der Waals surface area contributed by atoms with Crippen LogP contribution in [0, 0.1) is 6.92 Å². The van der Waals surface area contributed by atoms with E-state index < -0.39 is 24.3 Å². The number of fused-ring (bicyclic) bond motifs is 1. The van der Waals surface area contributed by atoms with Crippen molar-refractivity contribution in [1.82, 2.24) is 15.3 Å². The molecule has 19 heteroatoms. The number of alkyl halides is 6. The van der Waals surface area contributed by atoms with E-state index in [1.54, 1.807) is 0 Å². The lowest BCUT2D eigenvalue weighted by atomic mass is 9.90. The quantitative estimate of drug-likeness (QED) is 0.0664. The number of benzene rings is 3. The molecule has 1 aliphatic carbocycles. The van der Waals surface area contributed by atoms with Gasteiger partial charge in [0.2, 0.25) is 5.82 Å². The third-order valence-electron chi connectivity index (χ3n) is 7.53. The van der Waals surface area contributed by atoms with Crippen molar-refractivity contribution in [1.29, 1.82) is 0 Å². The van der Waals surface area contributed by atoms with E-state index in [1.165, 1.54) is 0 Å². The summed E-state index contributed by atoms with van der Waals surface area (Å²) in [7, 11) is 0. The zero-order valence-electron chi connectivity index (χ0n) is 28.6. The van der Waals surface area contributed by atoms with E-state index in [0.29, 0.717) is 24.3 Å². The average molecular weight is 766 g/mol. The summed E-state index contributed by atoms with van der Waals surface area (Å²) in [6, 6.07) is 23.3. The topological polar surface area (TPSA) is 215 Å². The first-order chi connectivity index (χ1) is 25.3.